The summed E-state index contributed by atoms with van der Waals surface area (Å²) in [5, 5.41) is 0. The Labute approximate surface area is 109 Å². The van der Waals surface area contributed by atoms with Gasteiger partial charge in [-0.15, -0.1) is 0 Å². The van der Waals surface area contributed by atoms with Crippen LogP contribution in [-0.2, 0) is 9.59 Å². The first-order chi connectivity index (χ1) is 8.41. The summed E-state index contributed by atoms with van der Waals surface area (Å²) in [5.74, 6) is 0.267. The third-order valence-electron chi connectivity index (χ3n) is 3.25. The molecule has 1 saturated heterocycles. The van der Waals surface area contributed by atoms with Gasteiger partial charge in [-0.05, 0) is 25.2 Å². The van der Waals surface area contributed by atoms with Crippen LogP contribution in [-0.4, -0.2) is 54.3 Å². The fourth-order valence-corrected chi connectivity index (χ4v) is 2.24. The monoisotopic (exact) mass is 255 g/mol. The number of likely N-dealkylation sites (tertiary alicyclic amines) is 1. The van der Waals surface area contributed by atoms with Crippen LogP contribution in [0.4, 0.5) is 0 Å². The molecule has 1 aliphatic rings. The number of carbonyl (C=O) groups excluding carboxylic acids is 2. The van der Waals surface area contributed by atoms with Gasteiger partial charge in [0.15, 0.2) is 0 Å². The molecule has 0 bridgehead atoms. The zero-order valence-corrected chi connectivity index (χ0v) is 11.7. The third kappa shape index (κ3) is 4.29. The average molecular weight is 255 g/mol. The lowest BCUT2D eigenvalue weighted by Crippen LogP contribution is -2.46. The van der Waals surface area contributed by atoms with E-state index in [-0.39, 0.29) is 18.4 Å². The van der Waals surface area contributed by atoms with Gasteiger partial charge < -0.3 is 15.5 Å². The molecule has 0 aromatic heterocycles. The Morgan fingerprint density at radius 3 is 2.33 bits per heavy atom. The molecular weight excluding hydrogens is 230 g/mol. The van der Waals surface area contributed by atoms with E-state index in [0.717, 1.165) is 25.9 Å². The van der Waals surface area contributed by atoms with E-state index in [4.69, 9.17) is 5.73 Å². The van der Waals surface area contributed by atoms with E-state index in [9.17, 15) is 9.59 Å². The summed E-state index contributed by atoms with van der Waals surface area (Å²) in [4.78, 5) is 27.1. The van der Waals surface area contributed by atoms with E-state index >= 15 is 0 Å². The number of hydrogen-bond acceptors (Lipinski definition) is 3. The first kappa shape index (κ1) is 15.0. The van der Waals surface area contributed by atoms with E-state index < -0.39 is 6.04 Å². The molecule has 0 aliphatic carbocycles. The number of hydrogen-bond donors (Lipinski definition) is 1. The van der Waals surface area contributed by atoms with Crippen LogP contribution in [0.2, 0.25) is 0 Å². The van der Waals surface area contributed by atoms with Gasteiger partial charge in [-0.3, -0.25) is 9.59 Å². The lowest BCUT2D eigenvalue weighted by atomic mass is 10.0. The highest BCUT2D eigenvalue weighted by molar-refractivity contribution is 5.87. The van der Waals surface area contributed by atoms with E-state index in [1.165, 1.54) is 4.90 Å². The smallest absolute Gasteiger partial charge is 0.242 e. The molecule has 1 heterocycles. The van der Waals surface area contributed by atoms with Gasteiger partial charge >= 0.3 is 0 Å². The predicted molar refractivity (Wildman–Crippen MR) is 70.9 cm³/mol. The van der Waals surface area contributed by atoms with Gasteiger partial charge in [0.1, 0.15) is 0 Å². The first-order valence-corrected chi connectivity index (χ1v) is 6.70. The normalized spacial score (nSPS) is 17.1. The molecule has 104 valence electrons. The van der Waals surface area contributed by atoms with Gasteiger partial charge in [-0.1, -0.05) is 13.8 Å². The van der Waals surface area contributed by atoms with Crippen molar-refractivity contribution in [3.63, 3.8) is 0 Å². The van der Waals surface area contributed by atoms with E-state index in [1.807, 2.05) is 18.7 Å². The number of rotatable bonds is 5. The molecule has 1 atom stereocenters. The average Bonchev–Trinajstić information content (AvgIpc) is 2.80. The van der Waals surface area contributed by atoms with Crippen molar-refractivity contribution in [2.75, 3.05) is 26.7 Å². The molecule has 1 aliphatic heterocycles. The van der Waals surface area contributed by atoms with Gasteiger partial charge in [-0.25, -0.2) is 0 Å². The molecule has 2 N–H and O–H groups in total. The Balaban J connectivity index is 2.41. The Hall–Kier alpha value is -1.10. The standard InChI is InChI=1S/C13H25N3O2/c1-10(2)8-11(14)13(18)15(3)9-12(17)16-6-4-5-7-16/h10-11H,4-9,14H2,1-3H3. The number of nitrogens with two attached hydrogens (primary N) is 1. The Morgan fingerprint density at radius 2 is 1.83 bits per heavy atom. The van der Waals surface area contributed by atoms with E-state index in [0.29, 0.717) is 12.3 Å². The van der Waals surface area contributed by atoms with E-state index in [2.05, 4.69) is 0 Å². The van der Waals surface area contributed by atoms with Crippen LogP contribution in [0.1, 0.15) is 33.1 Å². The molecule has 0 spiro atoms. The summed E-state index contributed by atoms with van der Waals surface area (Å²) < 4.78 is 0. The van der Waals surface area contributed by atoms with Crippen LogP contribution in [0.15, 0.2) is 0 Å². The Kier molecular flexibility index (Phi) is 5.59. The minimum Gasteiger partial charge on any atom is -0.341 e. The van der Waals surface area contributed by atoms with Crippen molar-refractivity contribution < 1.29 is 9.59 Å². The molecule has 0 radical (unpaired) electrons. The maximum absolute atomic E-state index is 12.0. The van der Waals surface area contributed by atoms with Gasteiger partial charge in [0.2, 0.25) is 11.8 Å². The second-order valence-electron chi connectivity index (χ2n) is 5.52. The van der Waals surface area contributed by atoms with Crippen molar-refractivity contribution in [1.29, 1.82) is 0 Å². The van der Waals surface area contributed by atoms with Gasteiger partial charge in [0.05, 0.1) is 12.6 Å². The molecule has 5 heteroatoms. The van der Waals surface area contributed by atoms with Crippen molar-refractivity contribution in [1.82, 2.24) is 9.80 Å². The molecule has 5 nitrogen and oxygen atoms in total. The summed E-state index contributed by atoms with van der Waals surface area (Å²) in [7, 11) is 1.65. The van der Waals surface area contributed by atoms with Crippen LogP contribution in [0.5, 0.6) is 0 Å². The minimum absolute atomic E-state index is 0.0279. The number of amides is 2. The molecule has 18 heavy (non-hydrogen) atoms. The predicted octanol–water partition coefficient (Wildman–Crippen LogP) is 0.441. The highest BCUT2D eigenvalue weighted by atomic mass is 16.2. The van der Waals surface area contributed by atoms with Crippen LogP contribution in [0.3, 0.4) is 0 Å². The molecule has 0 saturated carbocycles. The molecule has 2 amide bonds. The lowest BCUT2D eigenvalue weighted by Gasteiger charge is -2.24. The number of carbonyl (C=O) groups is 2. The minimum atomic E-state index is -0.499. The summed E-state index contributed by atoms with van der Waals surface area (Å²) >= 11 is 0. The number of nitrogens with zero attached hydrogens (tertiary/aromatic N) is 2. The summed E-state index contributed by atoms with van der Waals surface area (Å²) in [5.41, 5.74) is 5.83. The van der Waals surface area contributed by atoms with Crippen molar-refractivity contribution in [3.05, 3.63) is 0 Å². The SMILES string of the molecule is CC(C)CC(N)C(=O)N(C)CC(=O)N1CCCC1. The topological polar surface area (TPSA) is 66.6 Å². The van der Waals surface area contributed by atoms with Crippen LogP contribution in [0.25, 0.3) is 0 Å². The lowest BCUT2D eigenvalue weighted by molar-refractivity contribution is -0.139. The molecule has 1 fully saturated rings. The highest BCUT2D eigenvalue weighted by Crippen LogP contribution is 2.09. The van der Waals surface area contributed by atoms with Crippen molar-refractivity contribution in [2.24, 2.45) is 11.7 Å². The number of likely N-dealkylation sites (N-methyl/N-ethyl adjacent to an activating group) is 1. The Bertz CT molecular complexity index is 299. The molecule has 1 unspecified atom stereocenters. The zero-order chi connectivity index (χ0) is 13.7. The second-order valence-corrected chi connectivity index (χ2v) is 5.52. The molecule has 0 aromatic rings. The molecular formula is C13H25N3O2. The fraction of sp³-hybridized carbons (Fsp3) is 0.846. The van der Waals surface area contributed by atoms with Crippen LogP contribution in [0, 0.1) is 5.92 Å². The largest absolute Gasteiger partial charge is 0.341 e. The van der Waals surface area contributed by atoms with Gasteiger partial charge in [0.25, 0.3) is 0 Å². The van der Waals surface area contributed by atoms with Crippen molar-refractivity contribution in [3.8, 4) is 0 Å². The molecule has 0 aromatic carbocycles. The van der Waals surface area contributed by atoms with Gasteiger partial charge in [-0.2, -0.15) is 0 Å². The fourth-order valence-electron chi connectivity index (χ4n) is 2.24. The summed E-state index contributed by atoms with van der Waals surface area (Å²) in [6, 6.07) is -0.499. The summed E-state index contributed by atoms with van der Waals surface area (Å²) in [6.45, 7) is 5.84. The van der Waals surface area contributed by atoms with Crippen LogP contribution >= 0.6 is 0 Å². The highest BCUT2D eigenvalue weighted by Gasteiger charge is 2.24. The summed E-state index contributed by atoms with van der Waals surface area (Å²) in [6.07, 6.45) is 2.79. The Morgan fingerprint density at radius 1 is 1.28 bits per heavy atom. The third-order valence-corrected chi connectivity index (χ3v) is 3.25. The van der Waals surface area contributed by atoms with Crippen molar-refractivity contribution >= 4 is 11.8 Å². The quantitative estimate of drug-likeness (QED) is 0.775. The van der Waals surface area contributed by atoms with Crippen LogP contribution < -0.4 is 5.73 Å². The maximum atomic E-state index is 12.0. The maximum Gasteiger partial charge on any atom is 0.242 e. The van der Waals surface area contributed by atoms with Crippen molar-refractivity contribution in [2.45, 2.75) is 39.2 Å². The van der Waals surface area contributed by atoms with E-state index in [1.54, 1.807) is 7.05 Å². The first-order valence-electron chi connectivity index (χ1n) is 6.70. The second kappa shape index (κ2) is 6.73. The zero-order valence-electron chi connectivity index (χ0n) is 11.7. The van der Waals surface area contributed by atoms with Gasteiger partial charge in [0, 0.05) is 20.1 Å². The molecule has 1 rings (SSSR count).